The Bertz CT molecular complexity index is 1440. The van der Waals surface area contributed by atoms with Crippen molar-refractivity contribution in [3.05, 3.63) is 94.0 Å². The molecule has 0 spiro atoms. The molecule has 8 nitrogen and oxygen atoms in total. The summed E-state index contributed by atoms with van der Waals surface area (Å²) in [5, 5.41) is 6.21. The van der Waals surface area contributed by atoms with E-state index in [4.69, 9.17) is 21.1 Å². The number of fused-ring (bicyclic) bond motifs is 3. The summed E-state index contributed by atoms with van der Waals surface area (Å²) >= 11 is 6.23. The SMILES string of the molecule is CC(C)(C)OC(=O)NCc1ccc(Cl)cc1CNC(=O)[C@@H]1CCCN1C(=O)OCC1c2ccccc2-c2ccccc21. The maximum Gasteiger partial charge on any atom is 0.410 e. The van der Waals surface area contributed by atoms with Gasteiger partial charge in [0, 0.05) is 30.6 Å². The van der Waals surface area contributed by atoms with E-state index >= 15 is 0 Å². The molecular weight excluding hydrogens is 554 g/mol. The molecule has 1 fully saturated rings. The molecule has 1 heterocycles. The van der Waals surface area contributed by atoms with Crippen LogP contribution in [0.2, 0.25) is 5.02 Å². The molecule has 0 bridgehead atoms. The number of carbonyl (C=O) groups excluding carboxylic acids is 3. The molecule has 5 rings (SSSR count). The number of nitrogens with one attached hydrogen (secondary N) is 2. The summed E-state index contributed by atoms with van der Waals surface area (Å²) in [5.74, 6) is -0.307. The van der Waals surface area contributed by atoms with Gasteiger partial charge in [-0.15, -0.1) is 0 Å². The second kappa shape index (κ2) is 12.4. The Morgan fingerprint density at radius 1 is 0.905 bits per heavy atom. The minimum atomic E-state index is -0.622. The Morgan fingerprint density at radius 2 is 1.55 bits per heavy atom. The van der Waals surface area contributed by atoms with Crippen molar-refractivity contribution in [3.63, 3.8) is 0 Å². The van der Waals surface area contributed by atoms with Crippen molar-refractivity contribution in [3.8, 4) is 11.1 Å². The predicted octanol–water partition coefficient (Wildman–Crippen LogP) is 6.39. The van der Waals surface area contributed by atoms with E-state index in [1.165, 1.54) is 4.90 Å². The van der Waals surface area contributed by atoms with E-state index in [1.807, 2.05) is 24.3 Å². The van der Waals surface area contributed by atoms with Gasteiger partial charge in [-0.2, -0.15) is 0 Å². The number of halogens is 1. The molecule has 3 aromatic rings. The Labute approximate surface area is 251 Å². The second-order valence-corrected chi connectivity index (χ2v) is 12.1. The van der Waals surface area contributed by atoms with Crippen LogP contribution in [0.15, 0.2) is 66.7 Å². The number of hydrogen-bond donors (Lipinski definition) is 2. The minimum absolute atomic E-state index is 0.0493. The average molecular weight is 590 g/mol. The third kappa shape index (κ3) is 6.71. The van der Waals surface area contributed by atoms with Crippen LogP contribution in [0.4, 0.5) is 9.59 Å². The lowest BCUT2D eigenvalue weighted by molar-refractivity contribution is -0.125. The number of amides is 3. The zero-order valence-electron chi connectivity index (χ0n) is 24.1. The number of nitrogens with zero attached hydrogens (tertiary/aromatic N) is 1. The Kier molecular flexibility index (Phi) is 8.73. The zero-order chi connectivity index (χ0) is 29.9. The van der Waals surface area contributed by atoms with Crippen LogP contribution in [0.3, 0.4) is 0 Å². The molecule has 0 unspecified atom stereocenters. The summed E-state index contributed by atoms with van der Waals surface area (Å²) in [4.78, 5) is 40.1. The van der Waals surface area contributed by atoms with E-state index in [1.54, 1.807) is 39.0 Å². The minimum Gasteiger partial charge on any atom is -0.448 e. The van der Waals surface area contributed by atoms with Gasteiger partial charge in [0.15, 0.2) is 0 Å². The third-order valence-corrected chi connectivity index (χ3v) is 7.80. The molecule has 1 aliphatic carbocycles. The van der Waals surface area contributed by atoms with Gasteiger partial charge in [-0.05, 0) is 79.1 Å². The predicted molar refractivity (Wildman–Crippen MR) is 161 cm³/mol. The lowest BCUT2D eigenvalue weighted by Crippen LogP contribution is -2.46. The highest BCUT2D eigenvalue weighted by molar-refractivity contribution is 6.30. The van der Waals surface area contributed by atoms with E-state index in [2.05, 4.69) is 34.9 Å². The highest BCUT2D eigenvalue weighted by Gasteiger charge is 2.36. The fourth-order valence-corrected chi connectivity index (χ4v) is 5.84. The molecule has 1 atom stereocenters. The number of ether oxygens (including phenoxy) is 2. The molecule has 9 heteroatoms. The van der Waals surface area contributed by atoms with Crippen molar-refractivity contribution in [1.82, 2.24) is 15.5 Å². The normalized spacial score (nSPS) is 16.0. The largest absolute Gasteiger partial charge is 0.448 e. The topological polar surface area (TPSA) is 97.0 Å². The Balaban J connectivity index is 1.19. The molecular formula is C33H36ClN3O5. The van der Waals surface area contributed by atoms with Gasteiger partial charge in [0.2, 0.25) is 5.91 Å². The van der Waals surface area contributed by atoms with Crippen LogP contribution < -0.4 is 10.6 Å². The first-order valence-corrected chi connectivity index (χ1v) is 14.6. The highest BCUT2D eigenvalue weighted by Crippen LogP contribution is 2.44. The Hall–Kier alpha value is -4.04. The van der Waals surface area contributed by atoms with E-state index in [0.717, 1.165) is 33.4 Å². The first-order valence-electron chi connectivity index (χ1n) is 14.2. The van der Waals surface area contributed by atoms with Crippen molar-refractivity contribution < 1.29 is 23.9 Å². The average Bonchev–Trinajstić information content (AvgIpc) is 3.57. The fraction of sp³-hybridized carbons (Fsp3) is 0.364. The van der Waals surface area contributed by atoms with Crippen LogP contribution in [-0.4, -0.2) is 47.8 Å². The summed E-state index contributed by atoms with van der Waals surface area (Å²) in [7, 11) is 0. The van der Waals surface area contributed by atoms with Crippen LogP contribution >= 0.6 is 11.6 Å². The van der Waals surface area contributed by atoms with Crippen LogP contribution in [0.5, 0.6) is 0 Å². The number of likely N-dealkylation sites (tertiary alicyclic amines) is 1. The molecule has 0 radical (unpaired) electrons. The van der Waals surface area contributed by atoms with Gasteiger partial charge in [-0.3, -0.25) is 9.69 Å². The summed E-state index contributed by atoms with van der Waals surface area (Å²) in [5.41, 5.74) is 5.55. The third-order valence-electron chi connectivity index (χ3n) is 7.57. The number of rotatable bonds is 7. The van der Waals surface area contributed by atoms with Crippen LogP contribution in [-0.2, 0) is 27.4 Å². The highest BCUT2D eigenvalue weighted by atomic mass is 35.5. The Morgan fingerprint density at radius 3 is 2.21 bits per heavy atom. The van der Waals surface area contributed by atoms with E-state index in [-0.39, 0.29) is 31.5 Å². The zero-order valence-corrected chi connectivity index (χ0v) is 24.9. The van der Waals surface area contributed by atoms with Crippen molar-refractivity contribution in [1.29, 1.82) is 0 Å². The lowest BCUT2D eigenvalue weighted by atomic mass is 9.98. The van der Waals surface area contributed by atoms with Gasteiger partial charge in [-0.1, -0.05) is 66.2 Å². The van der Waals surface area contributed by atoms with Gasteiger partial charge in [-0.25, -0.2) is 9.59 Å². The van der Waals surface area contributed by atoms with Gasteiger partial charge >= 0.3 is 12.2 Å². The molecule has 42 heavy (non-hydrogen) atoms. The molecule has 2 aliphatic rings. The number of carbonyl (C=O) groups is 3. The van der Waals surface area contributed by atoms with Gasteiger partial charge < -0.3 is 20.1 Å². The smallest absolute Gasteiger partial charge is 0.410 e. The number of benzene rings is 3. The molecule has 3 aromatic carbocycles. The maximum absolute atomic E-state index is 13.3. The fourth-order valence-electron chi connectivity index (χ4n) is 5.65. The summed E-state index contributed by atoms with van der Waals surface area (Å²) < 4.78 is 11.1. The molecule has 0 saturated carbocycles. The molecule has 1 saturated heterocycles. The standard InChI is InChI=1S/C33H36ClN3O5/c1-33(2,3)42-31(39)36-18-21-14-15-23(34)17-22(21)19-35-30(38)29-13-8-16-37(29)32(40)41-20-28-26-11-6-4-9-24(26)25-10-5-7-12-27(25)28/h4-7,9-12,14-15,17,28-29H,8,13,16,18-20H2,1-3H3,(H,35,38)(H,36,39)/t29-/m0/s1. The number of alkyl carbamates (subject to hydrolysis) is 1. The first-order chi connectivity index (χ1) is 20.1. The number of hydrogen-bond acceptors (Lipinski definition) is 5. The van der Waals surface area contributed by atoms with E-state index in [9.17, 15) is 14.4 Å². The van der Waals surface area contributed by atoms with E-state index < -0.39 is 23.8 Å². The monoisotopic (exact) mass is 589 g/mol. The quantitative estimate of drug-likeness (QED) is 0.333. The molecule has 2 N–H and O–H groups in total. The lowest BCUT2D eigenvalue weighted by Gasteiger charge is -2.25. The van der Waals surface area contributed by atoms with Gasteiger partial charge in [0.05, 0.1) is 0 Å². The molecule has 3 amide bonds. The van der Waals surface area contributed by atoms with Crippen LogP contribution in [0.25, 0.3) is 11.1 Å². The molecule has 0 aromatic heterocycles. The van der Waals surface area contributed by atoms with Crippen molar-refractivity contribution in [2.75, 3.05) is 13.2 Å². The summed E-state index contributed by atoms with van der Waals surface area (Å²) in [6.07, 6.45) is 0.250. The van der Waals surface area contributed by atoms with Crippen molar-refractivity contribution in [2.45, 2.75) is 64.3 Å². The van der Waals surface area contributed by atoms with Crippen LogP contribution in [0, 0.1) is 0 Å². The molecule has 1 aliphatic heterocycles. The summed E-state index contributed by atoms with van der Waals surface area (Å²) in [6.45, 7) is 6.46. The van der Waals surface area contributed by atoms with Gasteiger partial charge in [0.25, 0.3) is 0 Å². The van der Waals surface area contributed by atoms with Crippen molar-refractivity contribution in [2.24, 2.45) is 0 Å². The van der Waals surface area contributed by atoms with E-state index in [0.29, 0.717) is 24.4 Å². The first kappa shape index (κ1) is 29.5. The maximum atomic E-state index is 13.3. The second-order valence-electron chi connectivity index (χ2n) is 11.6. The molecule has 220 valence electrons. The van der Waals surface area contributed by atoms with Gasteiger partial charge in [0.1, 0.15) is 18.2 Å². The van der Waals surface area contributed by atoms with Crippen LogP contribution in [0.1, 0.15) is 61.8 Å². The van der Waals surface area contributed by atoms with Crippen molar-refractivity contribution >= 4 is 29.7 Å². The summed E-state index contributed by atoms with van der Waals surface area (Å²) in [6, 6.07) is 21.0.